The van der Waals surface area contributed by atoms with Crippen LogP contribution in [0.25, 0.3) is 11.4 Å². The minimum Gasteiger partial charge on any atom is -0.493 e. The number of piperidine rings is 1. The second kappa shape index (κ2) is 12.5. The first-order chi connectivity index (χ1) is 21.4. The Morgan fingerprint density at radius 1 is 1.02 bits per heavy atom. The van der Waals surface area contributed by atoms with Crippen molar-refractivity contribution in [2.45, 2.75) is 32.0 Å². The fourth-order valence-corrected chi connectivity index (χ4v) is 5.38. The minimum absolute atomic E-state index is 0.220. The number of aromatic amines is 1. The molecule has 1 aromatic heterocycles. The number of carbonyl (C=O) groups is 3. The van der Waals surface area contributed by atoms with Crippen LogP contribution in [0.4, 0.5) is 0 Å². The highest BCUT2D eigenvalue weighted by Gasteiger charge is 2.36. The number of aromatic nitrogens is 2. The van der Waals surface area contributed by atoms with Gasteiger partial charge in [-0.2, -0.15) is 0 Å². The fraction of sp³-hybridized carbons (Fsp3) is 0.273. The largest absolute Gasteiger partial charge is 0.493 e. The van der Waals surface area contributed by atoms with Crippen LogP contribution in [0.2, 0.25) is 0 Å². The van der Waals surface area contributed by atoms with Gasteiger partial charge in [0.25, 0.3) is 17.7 Å². The topological polar surface area (TPSA) is 135 Å². The van der Waals surface area contributed by atoms with Gasteiger partial charge in [-0.05, 0) is 42.8 Å². The van der Waals surface area contributed by atoms with Gasteiger partial charge in [-0.15, -0.1) is 0 Å². The van der Waals surface area contributed by atoms with Gasteiger partial charge in [0.1, 0.15) is 23.4 Å². The lowest BCUT2D eigenvalue weighted by molar-refractivity contribution is -0.123. The fourth-order valence-electron chi connectivity index (χ4n) is 5.38. The number of imidazole rings is 1. The number of H-pyrrole nitrogens is 1. The van der Waals surface area contributed by atoms with Crippen LogP contribution >= 0.6 is 0 Å². The summed E-state index contributed by atoms with van der Waals surface area (Å²) in [5, 5.41) is 5.91. The summed E-state index contributed by atoms with van der Waals surface area (Å²) >= 11 is 0. The molecule has 11 nitrogen and oxygen atoms in total. The van der Waals surface area contributed by atoms with Gasteiger partial charge in [0.15, 0.2) is 18.1 Å². The number of nitrogens with one attached hydrogen (secondary N) is 3. The van der Waals surface area contributed by atoms with Crippen molar-refractivity contribution in [3.63, 3.8) is 0 Å². The Hall–Kier alpha value is -5.32. The van der Waals surface area contributed by atoms with Gasteiger partial charge in [0.05, 0.1) is 13.2 Å². The first kappa shape index (κ1) is 28.8. The Bertz CT molecular complexity index is 1670. The molecule has 0 aliphatic carbocycles. The molecule has 3 N–H and O–H groups in total. The molecule has 7 rings (SSSR count). The highest BCUT2D eigenvalue weighted by Crippen LogP contribution is 2.29. The van der Waals surface area contributed by atoms with E-state index in [2.05, 4.69) is 20.6 Å². The van der Waals surface area contributed by atoms with Crippen LogP contribution in [0.5, 0.6) is 17.2 Å². The van der Waals surface area contributed by atoms with Crippen LogP contribution in [0.15, 0.2) is 72.8 Å². The van der Waals surface area contributed by atoms with E-state index in [-0.39, 0.29) is 36.6 Å². The quantitative estimate of drug-likeness (QED) is 0.330. The number of likely N-dealkylation sites (tertiary alicyclic amines) is 1. The van der Waals surface area contributed by atoms with Crippen molar-refractivity contribution in [2.24, 2.45) is 0 Å². The monoisotopic (exact) mass is 595 g/mol. The maximum atomic E-state index is 13.7. The number of amides is 3. The Balaban J connectivity index is 1.28. The summed E-state index contributed by atoms with van der Waals surface area (Å²) in [5.74, 6) is 0.985. The third-order valence-electron chi connectivity index (χ3n) is 7.77. The van der Waals surface area contributed by atoms with Gasteiger partial charge in [-0.25, -0.2) is 4.98 Å². The predicted octanol–water partition coefficient (Wildman–Crippen LogP) is 3.49. The van der Waals surface area contributed by atoms with Crippen molar-refractivity contribution >= 4 is 17.7 Å². The van der Waals surface area contributed by atoms with Crippen LogP contribution in [-0.2, 0) is 11.3 Å². The number of nitrogens with zero attached hydrogens (tertiary/aromatic N) is 2. The highest BCUT2D eigenvalue weighted by atomic mass is 16.5. The van der Waals surface area contributed by atoms with Crippen LogP contribution < -0.4 is 24.8 Å². The average molecular weight is 596 g/mol. The zero-order valence-corrected chi connectivity index (χ0v) is 24.5. The summed E-state index contributed by atoms with van der Waals surface area (Å²) in [4.78, 5) is 49.3. The number of rotatable bonds is 3. The predicted molar refractivity (Wildman–Crippen MR) is 162 cm³/mol. The molecule has 1 saturated heterocycles. The van der Waals surface area contributed by atoms with E-state index in [0.29, 0.717) is 53.8 Å². The Labute approximate surface area is 254 Å². The SMILES string of the molecule is COc1ccc2cc1OCC(=O)NCc1ccc(cc1)O[C@@H]1CCN(C(=O)c3nc(-c4ccccc4)[nH]c3C)C[C@@H]1NC2=O. The Morgan fingerprint density at radius 2 is 1.82 bits per heavy atom. The van der Waals surface area contributed by atoms with E-state index >= 15 is 0 Å². The average Bonchev–Trinajstić information content (AvgIpc) is 3.45. The number of benzene rings is 3. The maximum Gasteiger partial charge on any atom is 0.274 e. The number of hydrogen-bond donors (Lipinski definition) is 3. The van der Waals surface area contributed by atoms with E-state index in [0.717, 1.165) is 11.1 Å². The summed E-state index contributed by atoms with van der Waals surface area (Å²) in [6.07, 6.45) is 0.0823. The van der Waals surface area contributed by atoms with E-state index < -0.39 is 12.1 Å². The molecule has 3 aliphatic rings. The summed E-state index contributed by atoms with van der Waals surface area (Å²) in [5.41, 5.74) is 3.10. The summed E-state index contributed by atoms with van der Waals surface area (Å²) in [6, 6.07) is 21.3. The smallest absolute Gasteiger partial charge is 0.274 e. The van der Waals surface area contributed by atoms with Gasteiger partial charge in [-0.1, -0.05) is 42.5 Å². The van der Waals surface area contributed by atoms with Crippen LogP contribution in [0, 0.1) is 6.92 Å². The molecule has 11 heteroatoms. The number of aryl methyl sites for hydroxylation is 1. The van der Waals surface area contributed by atoms with E-state index in [1.54, 1.807) is 17.0 Å². The lowest BCUT2D eigenvalue weighted by Crippen LogP contribution is -2.58. The first-order valence-electron chi connectivity index (χ1n) is 14.4. The molecule has 1 fully saturated rings. The van der Waals surface area contributed by atoms with Crippen molar-refractivity contribution in [3.05, 3.63) is 95.3 Å². The second-order valence-corrected chi connectivity index (χ2v) is 10.8. The van der Waals surface area contributed by atoms with Crippen molar-refractivity contribution in [1.29, 1.82) is 0 Å². The molecule has 226 valence electrons. The standard InChI is InChI=1S/C33H33N5O6/c1-20-30(37-31(35-20)22-6-4-3-5-7-22)33(41)38-15-14-26-25(18-38)36-32(40)23-10-13-27(42-2)28(16-23)43-19-29(39)34-17-21-8-11-24(44-26)12-9-21/h3-13,16,25-26H,14-15,17-19H2,1-2H3,(H,34,39)(H,35,37)(H,36,40)/t25-,26+/m0/s1. The molecule has 44 heavy (non-hydrogen) atoms. The molecule has 2 atom stereocenters. The normalized spacial score (nSPS) is 18.6. The molecule has 0 spiro atoms. The number of fused-ring (bicyclic) bond motifs is 7. The highest BCUT2D eigenvalue weighted by molar-refractivity contribution is 5.96. The molecule has 4 heterocycles. The number of methoxy groups -OCH3 is 1. The van der Waals surface area contributed by atoms with Crippen molar-refractivity contribution in [3.8, 4) is 28.6 Å². The second-order valence-electron chi connectivity index (χ2n) is 10.8. The number of hydrogen-bond acceptors (Lipinski definition) is 7. The minimum atomic E-state index is -0.530. The molecule has 0 saturated carbocycles. The van der Waals surface area contributed by atoms with Crippen LogP contribution in [0.1, 0.15) is 38.5 Å². The number of ether oxygens (including phenoxy) is 3. The molecular weight excluding hydrogens is 562 g/mol. The molecule has 0 radical (unpaired) electrons. The molecule has 3 aromatic carbocycles. The van der Waals surface area contributed by atoms with Gasteiger partial charge >= 0.3 is 0 Å². The lowest BCUT2D eigenvalue weighted by Gasteiger charge is -2.38. The van der Waals surface area contributed by atoms with E-state index in [9.17, 15) is 14.4 Å². The maximum absolute atomic E-state index is 13.7. The lowest BCUT2D eigenvalue weighted by atomic mass is 10.00. The van der Waals surface area contributed by atoms with Gasteiger partial charge < -0.3 is 34.7 Å². The van der Waals surface area contributed by atoms with Gasteiger partial charge in [0.2, 0.25) is 0 Å². The van der Waals surface area contributed by atoms with Gasteiger partial charge in [-0.3, -0.25) is 14.4 Å². The first-order valence-corrected chi connectivity index (χ1v) is 14.4. The van der Waals surface area contributed by atoms with E-state index in [1.165, 1.54) is 13.2 Å². The Morgan fingerprint density at radius 3 is 2.59 bits per heavy atom. The van der Waals surface area contributed by atoms with Crippen molar-refractivity contribution < 1.29 is 28.6 Å². The van der Waals surface area contributed by atoms with E-state index in [4.69, 9.17) is 14.2 Å². The van der Waals surface area contributed by atoms with E-state index in [1.807, 2.05) is 61.5 Å². The van der Waals surface area contributed by atoms with Crippen molar-refractivity contribution in [2.75, 3.05) is 26.8 Å². The molecule has 3 aliphatic heterocycles. The molecule has 4 aromatic rings. The number of carbonyl (C=O) groups excluding carboxylic acids is 3. The summed E-state index contributed by atoms with van der Waals surface area (Å²) < 4.78 is 17.5. The summed E-state index contributed by atoms with van der Waals surface area (Å²) in [6.45, 7) is 2.55. The van der Waals surface area contributed by atoms with Crippen molar-refractivity contribution in [1.82, 2.24) is 25.5 Å². The molecule has 0 unspecified atom stereocenters. The zero-order valence-electron chi connectivity index (χ0n) is 24.5. The third-order valence-corrected chi connectivity index (χ3v) is 7.77. The molecular formula is C33H33N5O6. The third kappa shape index (κ3) is 6.22. The molecule has 3 amide bonds. The molecule has 4 bridgehead atoms. The van der Waals surface area contributed by atoms with Gasteiger partial charge in [0, 0.05) is 42.9 Å². The Kier molecular flexibility index (Phi) is 8.18. The zero-order chi connectivity index (χ0) is 30.6. The van der Waals surface area contributed by atoms with Crippen LogP contribution in [-0.4, -0.2) is 71.5 Å². The summed E-state index contributed by atoms with van der Waals surface area (Å²) in [7, 11) is 1.49. The van der Waals surface area contributed by atoms with Crippen LogP contribution in [0.3, 0.4) is 0 Å².